The Balaban J connectivity index is 2.57. The summed E-state index contributed by atoms with van der Waals surface area (Å²) in [6, 6.07) is 1.63. The summed E-state index contributed by atoms with van der Waals surface area (Å²) < 4.78 is 10.4. The molecule has 1 aromatic rings. The number of hydrogen-bond acceptors (Lipinski definition) is 4. The molecule has 0 unspecified atom stereocenters. The summed E-state index contributed by atoms with van der Waals surface area (Å²) in [5, 5.41) is 0. The molecule has 1 aromatic heterocycles. The van der Waals surface area contributed by atoms with Gasteiger partial charge in [0.25, 0.3) is 0 Å². The van der Waals surface area contributed by atoms with Gasteiger partial charge in [-0.15, -0.1) is 0 Å². The van der Waals surface area contributed by atoms with E-state index in [4.69, 9.17) is 9.15 Å². The molecule has 2 heterocycles. The fourth-order valence-corrected chi connectivity index (χ4v) is 2.67. The minimum atomic E-state index is -0.366. The first-order chi connectivity index (χ1) is 8.58. The van der Waals surface area contributed by atoms with Gasteiger partial charge in [0.05, 0.1) is 11.5 Å². The molecule has 4 nitrogen and oxygen atoms in total. The van der Waals surface area contributed by atoms with E-state index in [1.165, 1.54) is 0 Å². The van der Waals surface area contributed by atoms with Crippen molar-refractivity contribution in [2.24, 2.45) is 5.92 Å². The number of carbonyl (C=O) groups excluding carboxylic acids is 1. The maximum absolute atomic E-state index is 12.0. The lowest BCUT2D eigenvalue weighted by Gasteiger charge is -2.29. The fourth-order valence-electron chi connectivity index (χ4n) is 2.67. The van der Waals surface area contributed by atoms with Crippen LogP contribution in [0.15, 0.2) is 15.3 Å². The summed E-state index contributed by atoms with van der Waals surface area (Å²) in [6.07, 6.45) is 2.39. The van der Waals surface area contributed by atoms with Crippen molar-refractivity contribution >= 4 is 5.97 Å². The molecule has 0 bridgehead atoms. The molecule has 0 saturated carbocycles. The zero-order valence-electron chi connectivity index (χ0n) is 11.0. The van der Waals surface area contributed by atoms with Crippen LogP contribution in [-0.2, 0) is 4.79 Å². The van der Waals surface area contributed by atoms with Crippen LogP contribution in [0.2, 0.25) is 0 Å². The quantitative estimate of drug-likeness (QED) is 0.774. The second kappa shape index (κ2) is 4.96. The summed E-state index contributed by atoms with van der Waals surface area (Å²) in [5.74, 6) is 0.318. The van der Waals surface area contributed by atoms with Crippen molar-refractivity contribution < 1.29 is 13.9 Å². The molecule has 1 aliphatic rings. The Hall–Kier alpha value is -1.58. The highest BCUT2D eigenvalue weighted by Crippen LogP contribution is 2.40. The second-order valence-electron chi connectivity index (χ2n) is 4.75. The molecule has 0 aromatic carbocycles. The minimum Gasteiger partial charge on any atom is -0.428 e. The molecule has 1 aliphatic heterocycles. The van der Waals surface area contributed by atoms with Gasteiger partial charge in [-0.3, -0.25) is 4.79 Å². The van der Waals surface area contributed by atoms with E-state index in [0.29, 0.717) is 23.5 Å². The molecule has 0 amide bonds. The summed E-state index contributed by atoms with van der Waals surface area (Å²) >= 11 is 0. The molecule has 0 saturated heterocycles. The Morgan fingerprint density at radius 3 is 2.56 bits per heavy atom. The first kappa shape index (κ1) is 12.9. The molecule has 0 N–H and O–H groups in total. The lowest BCUT2D eigenvalue weighted by Crippen LogP contribution is -2.34. The van der Waals surface area contributed by atoms with Crippen LogP contribution in [0.4, 0.5) is 0 Å². The smallest absolute Gasteiger partial charge is 0.343 e. The molecule has 0 radical (unpaired) electrons. The van der Waals surface area contributed by atoms with Gasteiger partial charge in [0, 0.05) is 12.0 Å². The highest BCUT2D eigenvalue weighted by molar-refractivity contribution is 5.79. The number of rotatable bonds is 3. The summed E-state index contributed by atoms with van der Waals surface area (Å²) in [6.45, 7) is 5.66. The molecule has 4 heteroatoms. The molecule has 2 rings (SSSR count). The van der Waals surface area contributed by atoms with Gasteiger partial charge >= 0.3 is 11.6 Å². The van der Waals surface area contributed by atoms with Crippen LogP contribution in [0.1, 0.15) is 50.4 Å². The maximum atomic E-state index is 12.0. The van der Waals surface area contributed by atoms with Gasteiger partial charge in [0.2, 0.25) is 0 Å². The predicted octanol–water partition coefficient (Wildman–Crippen LogP) is 2.78. The summed E-state index contributed by atoms with van der Waals surface area (Å²) in [7, 11) is 0. The third-order valence-corrected chi connectivity index (χ3v) is 3.48. The summed E-state index contributed by atoms with van der Waals surface area (Å²) in [5.41, 5.74) is 0.170. The number of hydrogen-bond donors (Lipinski definition) is 0. The zero-order chi connectivity index (χ0) is 13.3. The molecule has 18 heavy (non-hydrogen) atoms. The third-order valence-electron chi connectivity index (χ3n) is 3.48. The highest BCUT2D eigenvalue weighted by atomic mass is 16.5. The Morgan fingerprint density at radius 2 is 1.94 bits per heavy atom. The Kier molecular flexibility index (Phi) is 3.55. The average Bonchev–Trinajstić information content (AvgIpc) is 2.28. The normalized spacial score (nSPS) is 22.5. The van der Waals surface area contributed by atoms with Crippen molar-refractivity contribution in [2.75, 3.05) is 0 Å². The van der Waals surface area contributed by atoms with Crippen LogP contribution in [0.3, 0.4) is 0 Å². The van der Waals surface area contributed by atoms with Gasteiger partial charge in [-0.2, -0.15) is 0 Å². The first-order valence-corrected chi connectivity index (χ1v) is 6.44. The lowest BCUT2D eigenvalue weighted by molar-refractivity contribution is -0.141. The first-order valence-electron chi connectivity index (χ1n) is 6.44. The molecule has 0 fully saturated rings. The van der Waals surface area contributed by atoms with Crippen LogP contribution in [0, 0.1) is 12.8 Å². The van der Waals surface area contributed by atoms with E-state index in [-0.39, 0.29) is 23.4 Å². The third kappa shape index (κ3) is 2.07. The van der Waals surface area contributed by atoms with Crippen molar-refractivity contribution in [3.05, 3.63) is 27.8 Å². The monoisotopic (exact) mass is 250 g/mol. The van der Waals surface area contributed by atoms with Crippen LogP contribution in [0.5, 0.6) is 5.75 Å². The molecule has 98 valence electrons. The van der Waals surface area contributed by atoms with Crippen LogP contribution < -0.4 is 10.4 Å². The van der Waals surface area contributed by atoms with E-state index < -0.39 is 0 Å². The zero-order valence-corrected chi connectivity index (χ0v) is 11.0. The van der Waals surface area contributed by atoms with E-state index >= 15 is 0 Å². The van der Waals surface area contributed by atoms with Crippen molar-refractivity contribution in [1.29, 1.82) is 0 Å². The van der Waals surface area contributed by atoms with Gasteiger partial charge < -0.3 is 9.15 Å². The number of esters is 1. The lowest BCUT2D eigenvalue weighted by atomic mass is 9.80. The predicted molar refractivity (Wildman–Crippen MR) is 66.8 cm³/mol. The number of aryl methyl sites for hydroxylation is 1. The maximum Gasteiger partial charge on any atom is 0.343 e. The van der Waals surface area contributed by atoms with E-state index in [1.807, 2.05) is 13.8 Å². The van der Waals surface area contributed by atoms with Gasteiger partial charge in [-0.1, -0.05) is 20.3 Å². The van der Waals surface area contributed by atoms with Crippen molar-refractivity contribution in [3.8, 4) is 5.75 Å². The topological polar surface area (TPSA) is 56.5 Å². The standard InChI is InChI=1S/C14H18O4/c1-4-6-10-9(5-2)13(15)18-11-7-8(3)17-14(16)12(10)11/h7,9-10H,4-6H2,1-3H3/t9-,10-/m1/s1. The van der Waals surface area contributed by atoms with Crippen LogP contribution >= 0.6 is 0 Å². The molecular formula is C14H18O4. The molecule has 0 aliphatic carbocycles. The van der Waals surface area contributed by atoms with E-state index in [0.717, 1.165) is 12.8 Å². The number of fused-ring (bicyclic) bond motifs is 1. The average molecular weight is 250 g/mol. The second-order valence-corrected chi connectivity index (χ2v) is 4.75. The Bertz CT molecular complexity index is 515. The van der Waals surface area contributed by atoms with Gasteiger partial charge in [-0.25, -0.2) is 4.79 Å². The van der Waals surface area contributed by atoms with Crippen molar-refractivity contribution in [2.45, 2.75) is 46.0 Å². The van der Waals surface area contributed by atoms with E-state index in [1.54, 1.807) is 13.0 Å². The number of ether oxygens (including phenoxy) is 1. The SMILES string of the molecule is CCC[C@H]1c2c(cc(C)oc2=O)OC(=O)[C@@H]1CC. The van der Waals surface area contributed by atoms with Crippen molar-refractivity contribution in [1.82, 2.24) is 0 Å². The fraction of sp³-hybridized carbons (Fsp3) is 0.571. The Morgan fingerprint density at radius 1 is 1.22 bits per heavy atom. The largest absolute Gasteiger partial charge is 0.428 e. The highest BCUT2D eigenvalue weighted by Gasteiger charge is 2.38. The number of carbonyl (C=O) groups is 1. The van der Waals surface area contributed by atoms with Crippen LogP contribution in [-0.4, -0.2) is 5.97 Å². The molecule has 0 spiro atoms. The van der Waals surface area contributed by atoms with Gasteiger partial charge in [0.1, 0.15) is 11.5 Å². The molecule has 2 atom stereocenters. The van der Waals surface area contributed by atoms with E-state index in [9.17, 15) is 9.59 Å². The van der Waals surface area contributed by atoms with Gasteiger partial charge in [0.15, 0.2) is 0 Å². The van der Waals surface area contributed by atoms with Crippen LogP contribution in [0.25, 0.3) is 0 Å². The molecular weight excluding hydrogens is 232 g/mol. The minimum absolute atomic E-state index is 0.0758. The van der Waals surface area contributed by atoms with E-state index in [2.05, 4.69) is 0 Å². The summed E-state index contributed by atoms with van der Waals surface area (Å²) in [4.78, 5) is 23.9. The Labute approximate surface area is 106 Å². The van der Waals surface area contributed by atoms with Crippen molar-refractivity contribution in [3.63, 3.8) is 0 Å². The van der Waals surface area contributed by atoms with Gasteiger partial charge in [-0.05, 0) is 19.8 Å².